The number of halogens is 2. The van der Waals surface area contributed by atoms with Gasteiger partial charge in [0.25, 0.3) is 0 Å². The molecule has 1 N–H and O–H groups in total. The molecule has 216 valence electrons. The Hall–Kier alpha value is -3.06. The van der Waals surface area contributed by atoms with Crippen LogP contribution in [0.2, 0.25) is 0 Å². The molecule has 6 rings (SSSR count). The summed E-state index contributed by atoms with van der Waals surface area (Å²) in [4.78, 5) is 30.9. The molecule has 1 amide bonds. The van der Waals surface area contributed by atoms with Gasteiger partial charge in [-0.3, -0.25) is 14.1 Å². The van der Waals surface area contributed by atoms with Crippen molar-refractivity contribution >= 4 is 55.5 Å². The predicted octanol–water partition coefficient (Wildman–Crippen LogP) is 4.26. The Morgan fingerprint density at radius 3 is 2.54 bits per heavy atom. The molecule has 5 heterocycles. The standard InChI is InChI=1S/C29H33BrFN7O2S/c1-3-23-28(34(2)29-33-26(27(30)41-29)20-4-6-21(31)7-5-20)38-16-22(8-9-24(38)32-23)36-12-10-35(11-13-36)17-25(40)37-14-19(15-37)18-39/h4-9,16,19,39H,3,10-15,17-18H2,1-2H3. The second-order valence-electron chi connectivity index (χ2n) is 10.6. The van der Waals surface area contributed by atoms with Gasteiger partial charge < -0.3 is 19.8 Å². The zero-order valence-corrected chi connectivity index (χ0v) is 25.5. The minimum atomic E-state index is -0.273. The van der Waals surface area contributed by atoms with Crippen molar-refractivity contribution in [3.8, 4) is 11.3 Å². The first kappa shape index (κ1) is 28.1. The number of aryl methyl sites for hydroxylation is 1. The fraction of sp³-hybridized carbons (Fsp3) is 0.414. The lowest BCUT2D eigenvalue weighted by molar-refractivity contribution is -0.139. The van der Waals surface area contributed by atoms with Crippen molar-refractivity contribution in [3.63, 3.8) is 0 Å². The van der Waals surface area contributed by atoms with Gasteiger partial charge in [0.2, 0.25) is 5.91 Å². The number of hydrogen-bond donors (Lipinski definition) is 1. The van der Waals surface area contributed by atoms with E-state index in [0.29, 0.717) is 19.6 Å². The number of benzene rings is 1. The number of thiazole rings is 1. The van der Waals surface area contributed by atoms with Gasteiger partial charge >= 0.3 is 0 Å². The molecule has 3 aromatic heterocycles. The van der Waals surface area contributed by atoms with Gasteiger partial charge in [0.1, 0.15) is 17.3 Å². The van der Waals surface area contributed by atoms with E-state index in [9.17, 15) is 14.3 Å². The molecule has 4 aromatic rings. The fourth-order valence-corrected chi connectivity index (χ4v) is 7.04. The van der Waals surface area contributed by atoms with Crippen molar-refractivity contribution in [2.24, 2.45) is 5.92 Å². The number of amides is 1. The summed E-state index contributed by atoms with van der Waals surface area (Å²) in [6.45, 7) is 7.33. The van der Waals surface area contributed by atoms with Crippen LogP contribution in [0.15, 0.2) is 46.4 Å². The van der Waals surface area contributed by atoms with Crippen LogP contribution in [0.25, 0.3) is 16.9 Å². The maximum atomic E-state index is 13.5. The molecule has 0 radical (unpaired) electrons. The third kappa shape index (κ3) is 5.57. The number of rotatable bonds is 8. The van der Waals surface area contributed by atoms with Gasteiger partial charge in [-0.15, -0.1) is 0 Å². The molecule has 0 unspecified atom stereocenters. The number of nitrogens with zero attached hydrogens (tertiary/aromatic N) is 7. The van der Waals surface area contributed by atoms with Crippen molar-refractivity contribution in [2.75, 3.05) is 69.3 Å². The molecule has 0 saturated carbocycles. The summed E-state index contributed by atoms with van der Waals surface area (Å²) in [6.07, 6.45) is 2.92. The first-order valence-electron chi connectivity index (χ1n) is 13.9. The van der Waals surface area contributed by atoms with Crippen LogP contribution in [0.4, 0.5) is 21.0 Å². The molecule has 0 spiro atoms. The van der Waals surface area contributed by atoms with E-state index in [1.54, 1.807) is 12.1 Å². The minimum absolute atomic E-state index is 0.152. The van der Waals surface area contributed by atoms with Gasteiger partial charge in [0, 0.05) is 70.6 Å². The van der Waals surface area contributed by atoms with E-state index in [1.807, 2.05) is 11.9 Å². The molecule has 2 saturated heterocycles. The highest BCUT2D eigenvalue weighted by molar-refractivity contribution is 9.11. The number of carbonyl (C=O) groups excluding carboxylic acids is 1. The van der Waals surface area contributed by atoms with E-state index in [0.717, 1.165) is 75.6 Å². The number of aliphatic hydroxyl groups is 1. The van der Waals surface area contributed by atoms with E-state index in [1.165, 1.54) is 23.5 Å². The minimum Gasteiger partial charge on any atom is -0.396 e. The normalized spacial score (nSPS) is 16.4. The third-order valence-electron chi connectivity index (χ3n) is 7.94. The van der Waals surface area contributed by atoms with E-state index in [4.69, 9.17) is 9.97 Å². The number of hydrogen-bond acceptors (Lipinski definition) is 8. The second kappa shape index (κ2) is 11.7. The van der Waals surface area contributed by atoms with E-state index < -0.39 is 0 Å². The molecular weight excluding hydrogens is 609 g/mol. The summed E-state index contributed by atoms with van der Waals surface area (Å²) >= 11 is 5.19. The summed E-state index contributed by atoms with van der Waals surface area (Å²) < 4.78 is 16.5. The molecule has 12 heteroatoms. The zero-order valence-electron chi connectivity index (χ0n) is 23.1. The van der Waals surface area contributed by atoms with E-state index in [-0.39, 0.29) is 24.2 Å². The fourth-order valence-electron chi connectivity index (χ4n) is 5.50. The number of anilines is 3. The second-order valence-corrected chi connectivity index (χ2v) is 12.9. The lowest BCUT2D eigenvalue weighted by Crippen LogP contribution is -2.56. The third-order valence-corrected chi connectivity index (χ3v) is 9.72. The average Bonchev–Trinajstić information content (AvgIpc) is 3.53. The Morgan fingerprint density at radius 1 is 1.12 bits per heavy atom. The number of carbonyl (C=O) groups is 1. The highest BCUT2D eigenvalue weighted by Gasteiger charge is 2.31. The van der Waals surface area contributed by atoms with Crippen molar-refractivity contribution in [2.45, 2.75) is 13.3 Å². The van der Waals surface area contributed by atoms with Crippen LogP contribution in [0, 0.1) is 11.7 Å². The van der Waals surface area contributed by atoms with Gasteiger partial charge in [-0.2, -0.15) is 0 Å². The molecule has 2 aliphatic heterocycles. The lowest BCUT2D eigenvalue weighted by atomic mass is 10.0. The first-order valence-corrected chi connectivity index (χ1v) is 15.5. The zero-order chi connectivity index (χ0) is 28.7. The predicted molar refractivity (Wildman–Crippen MR) is 164 cm³/mol. The molecule has 2 fully saturated rings. The monoisotopic (exact) mass is 641 g/mol. The van der Waals surface area contributed by atoms with Gasteiger partial charge in [-0.1, -0.05) is 18.3 Å². The van der Waals surface area contributed by atoms with Crippen LogP contribution in [-0.4, -0.2) is 94.7 Å². The summed E-state index contributed by atoms with van der Waals surface area (Å²) in [6, 6.07) is 10.6. The van der Waals surface area contributed by atoms with Crippen molar-refractivity contribution < 1.29 is 14.3 Å². The highest BCUT2D eigenvalue weighted by Crippen LogP contribution is 2.40. The summed E-state index contributed by atoms with van der Waals surface area (Å²) in [5, 5.41) is 10.0. The van der Waals surface area contributed by atoms with Crippen molar-refractivity contribution in [3.05, 3.63) is 57.9 Å². The lowest BCUT2D eigenvalue weighted by Gasteiger charge is -2.41. The number of imidazole rings is 1. The van der Waals surface area contributed by atoms with Crippen LogP contribution >= 0.6 is 27.3 Å². The number of pyridine rings is 1. The van der Waals surface area contributed by atoms with Crippen LogP contribution in [-0.2, 0) is 11.2 Å². The topological polar surface area (TPSA) is 80.5 Å². The quantitative estimate of drug-likeness (QED) is 0.308. The molecule has 0 bridgehead atoms. The number of aliphatic hydroxyl groups excluding tert-OH is 1. The largest absolute Gasteiger partial charge is 0.396 e. The summed E-state index contributed by atoms with van der Waals surface area (Å²) in [5.74, 6) is 1.08. The Kier molecular flexibility index (Phi) is 7.99. The molecule has 0 atom stereocenters. The van der Waals surface area contributed by atoms with E-state index >= 15 is 0 Å². The van der Waals surface area contributed by atoms with Gasteiger partial charge in [-0.05, 0) is 58.7 Å². The Labute approximate surface area is 251 Å². The Balaban J connectivity index is 1.19. The molecule has 2 aliphatic rings. The maximum Gasteiger partial charge on any atom is 0.236 e. The molecule has 0 aliphatic carbocycles. The molecule has 41 heavy (non-hydrogen) atoms. The van der Waals surface area contributed by atoms with Crippen molar-refractivity contribution in [1.29, 1.82) is 0 Å². The summed E-state index contributed by atoms with van der Waals surface area (Å²) in [7, 11) is 2.01. The Morgan fingerprint density at radius 2 is 1.85 bits per heavy atom. The van der Waals surface area contributed by atoms with Gasteiger partial charge in [0.15, 0.2) is 5.13 Å². The van der Waals surface area contributed by atoms with Crippen LogP contribution in [0.1, 0.15) is 12.6 Å². The van der Waals surface area contributed by atoms with Crippen LogP contribution < -0.4 is 9.80 Å². The Bertz CT molecular complexity index is 1540. The highest BCUT2D eigenvalue weighted by atomic mass is 79.9. The van der Waals surface area contributed by atoms with Gasteiger partial charge in [-0.25, -0.2) is 14.4 Å². The van der Waals surface area contributed by atoms with Gasteiger partial charge in [0.05, 0.1) is 27.4 Å². The molecule has 1 aromatic carbocycles. The van der Waals surface area contributed by atoms with E-state index in [2.05, 4.69) is 60.3 Å². The SMILES string of the molecule is CCc1nc2ccc(N3CCN(CC(=O)N4CC(CO)C4)CC3)cn2c1N(C)c1nc(-c2ccc(F)cc2)c(Br)s1. The van der Waals surface area contributed by atoms with Crippen LogP contribution in [0.3, 0.4) is 0 Å². The number of aromatic nitrogens is 3. The maximum absolute atomic E-state index is 13.5. The molecular formula is C29H33BrFN7O2S. The smallest absolute Gasteiger partial charge is 0.236 e. The number of fused-ring (bicyclic) bond motifs is 1. The first-order chi connectivity index (χ1) is 19.8. The number of piperazine rings is 1. The number of likely N-dealkylation sites (tertiary alicyclic amines) is 1. The summed E-state index contributed by atoms with van der Waals surface area (Å²) in [5.41, 5.74) is 4.60. The van der Waals surface area contributed by atoms with Crippen LogP contribution in [0.5, 0.6) is 0 Å². The molecule has 9 nitrogen and oxygen atoms in total. The van der Waals surface area contributed by atoms with Crippen molar-refractivity contribution in [1.82, 2.24) is 24.2 Å². The average molecular weight is 643 g/mol.